The normalized spacial score (nSPS) is 36.5. The van der Waals surface area contributed by atoms with Crippen LogP contribution >= 0.6 is 0 Å². The summed E-state index contributed by atoms with van der Waals surface area (Å²) in [5, 5.41) is 12.1. The fraction of sp³-hybridized carbons (Fsp3) is 0.900. The van der Waals surface area contributed by atoms with Gasteiger partial charge in [0.05, 0.1) is 18.1 Å². The molecule has 3 saturated heterocycles. The zero-order chi connectivity index (χ0) is 18.1. The Bertz CT molecular complexity index is 548. The first-order valence-corrected chi connectivity index (χ1v) is 10.4. The van der Waals surface area contributed by atoms with Crippen LogP contribution in [-0.2, 0) is 14.3 Å². The molecule has 4 aliphatic rings. The molecule has 146 valence electrons. The number of rotatable bonds is 8. The Morgan fingerprint density at radius 2 is 2.00 bits per heavy atom. The van der Waals surface area contributed by atoms with E-state index in [1.54, 1.807) is 0 Å². The van der Waals surface area contributed by atoms with E-state index in [-0.39, 0.29) is 24.0 Å². The number of amides is 1. The fourth-order valence-electron chi connectivity index (χ4n) is 5.94. The molecule has 0 aromatic rings. The highest BCUT2D eigenvalue weighted by Crippen LogP contribution is 2.54. The molecule has 4 atom stereocenters. The van der Waals surface area contributed by atoms with E-state index in [2.05, 4.69) is 10.2 Å². The van der Waals surface area contributed by atoms with Crippen molar-refractivity contribution in [2.45, 2.75) is 69.5 Å². The second kappa shape index (κ2) is 7.47. The van der Waals surface area contributed by atoms with E-state index < -0.39 is 5.97 Å². The number of hydrogen-bond acceptors (Lipinski definition) is 4. The molecule has 2 bridgehead atoms. The first-order chi connectivity index (χ1) is 12.6. The lowest BCUT2D eigenvalue weighted by Crippen LogP contribution is -2.41. The highest BCUT2D eigenvalue weighted by atomic mass is 16.5. The van der Waals surface area contributed by atoms with Crippen LogP contribution < -0.4 is 5.32 Å². The van der Waals surface area contributed by atoms with Crippen LogP contribution in [-0.4, -0.2) is 59.8 Å². The number of fused-ring (bicyclic) bond motifs is 1. The number of nitrogens with one attached hydrogen (secondary N) is 1. The number of nitrogens with zero attached hydrogens (tertiary/aromatic N) is 1. The number of ether oxygens (including phenoxy) is 1. The number of aliphatic carboxylic acids is 1. The quantitative estimate of drug-likeness (QED) is 0.689. The standard InChI is InChI=1S/C20H32N2O4/c23-18(6-5-14-3-1-2-4-14)21-11-15-16-12-22(10-8-19(24)25)13-20(16)9-7-17(15)26-20/h14-17H,1-13H2,(H,21,23)(H,24,25)/t15-,16+,17+,20+/m0/s1. The third kappa shape index (κ3) is 3.63. The van der Waals surface area contributed by atoms with Crippen LogP contribution in [0.2, 0.25) is 0 Å². The molecule has 1 amide bonds. The third-order valence-corrected chi connectivity index (χ3v) is 7.29. The number of likely N-dealkylation sites (tertiary alicyclic amines) is 1. The van der Waals surface area contributed by atoms with Crippen LogP contribution in [0, 0.1) is 17.8 Å². The van der Waals surface area contributed by atoms with Gasteiger partial charge in [-0.2, -0.15) is 0 Å². The summed E-state index contributed by atoms with van der Waals surface area (Å²) in [6, 6.07) is 0. The zero-order valence-corrected chi connectivity index (χ0v) is 15.6. The molecule has 1 spiro atoms. The van der Waals surface area contributed by atoms with E-state index in [4.69, 9.17) is 9.84 Å². The lowest BCUT2D eigenvalue weighted by atomic mass is 9.73. The molecule has 0 radical (unpaired) electrons. The summed E-state index contributed by atoms with van der Waals surface area (Å²) in [7, 11) is 0. The largest absolute Gasteiger partial charge is 0.481 e. The Balaban J connectivity index is 1.26. The van der Waals surface area contributed by atoms with Crippen molar-refractivity contribution in [3.05, 3.63) is 0 Å². The van der Waals surface area contributed by atoms with Gasteiger partial charge in [-0.1, -0.05) is 25.7 Å². The SMILES string of the molecule is O=C(O)CCN1C[C@@H]2[C@H](CNC(=O)CCC3CCCC3)[C@H]3CC[C@]2(C1)O3. The van der Waals surface area contributed by atoms with Gasteiger partial charge in [0.25, 0.3) is 0 Å². The number of hydrogen-bond donors (Lipinski definition) is 2. The highest BCUT2D eigenvalue weighted by Gasteiger charge is 2.62. The molecule has 4 fully saturated rings. The van der Waals surface area contributed by atoms with Crippen LogP contribution in [0.1, 0.15) is 57.8 Å². The molecule has 1 saturated carbocycles. The van der Waals surface area contributed by atoms with Gasteiger partial charge in [-0.15, -0.1) is 0 Å². The lowest BCUT2D eigenvalue weighted by molar-refractivity contribution is -0.137. The van der Waals surface area contributed by atoms with E-state index in [9.17, 15) is 9.59 Å². The molecule has 6 nitrogen and oxygen atoms in total. The predicted molar refractivity (Wildman–Crippen MR) is 96.7 cm³/mol. The third-order valence-electron chi connectivity index (χ3n) is 7.29. The van der Waals surface area contributed by atoms with Crippen LogP contribution in [0.3, 0.4) is 0 Å². The van der Waals surface area contributed by atoms with Crippen LogP contribution in [0.4, 0.5) is 0 Å². The summed E-state index contributed by atoms with van der Waals surface area (Å²) in [5.74, 6) is 1.02. The summed E-state index contributed by atoms with van der Waals surface area (Å²) < 4.78 is 6.37. The van der Waals surface area contributed by atoms with Crippen molar-refractivity contribution >= 4 is 11.9 Å². The minimum Gasteiger partial charge on any atom is -0.481 e. The van der Waals surface area contributed by atoms with E-state index in [1.807, 2.05) is 0 Å². The summed E-state index contributed by atoms with van der Waals surface area (Å²) in [5.41, 5.74) is -0.0809. The average Bonchev–Trinajstić information content (AvgIpc) is 3.36. The van der Waals surface area contributed by atoms with E-state index >= 15 is 0 Å². The molecule has 6 heteroatoms. The second-order valence-corrected chi connectivity index (χ2v) is 8.90. The van der Waals surface area contributed by atoms with Crippen LogP contribution in [0.5, 0.6) is 0 Å². The van der Waals surface area contributed by atoms with Gasteiger partial charge in [-0.25, -0.2) is 0 Å². The average molecular weight is 364 g/mol. The van der Waals surface area contributed by atoms with Crippen molar-refractivity contribution in [2.24, 2.45) is 17.8 Å². The van der Waals surface area contributed by atoms with Crippen molar-refractivity contribution < 1.29 is 19.4 Å². The highest BCUT2D eigenvalue weighted by molar-refractivity contribution is 5.75. The van der Waals surface area contributed by atoms with E-state index in [1.165, 1.54) is 25.7 Å². The minimum absolute atomic E-state index is 0.0809. The van der Waals surface area contributed by atoms with Gasteiger partial charge in [0.1, 0.15) is 0 Å². The molecule has 0 aromatic carbocycles. The summed E-state index contributed by atoms with van der Waals surface area (Å²) in [4.78, 5) is 25.4. The van der Waals surface area contributed by atoms with Crippen molar-refractivity contribution in [3.8, 4) is 0 Å². The fourth-order valence-corrected chi connectivity index (χ4v) is 5.94. The molecule has 0 unspecified atom stereocenters. The van der Waals surface area contributed by atoms with Crippen molar-refractivity contribution in [3.63, 3.8) is 0 Å². The van der Waals surface area contributed by atoms with Gasteiger partial charge >= 0.3 is 5.97 Å². The van der Waals surface area contributed by atoms with E-state index in [0.29, 0.717) is 31.3 Å². The predicted octanol–water partition coefficient (Wildman–Crippen LogP) is 2.03. The Hall–Kier alpha value is -1.14. The Kier molecular flexibility index (Phi) is 5.24. The first-order valence-electron chi connectivity index (χ1n) is 10.4. The smallest absolute Gasteiger partial charge is 0.304 e. The summed E-state index contributed by atoms with van der Waals surface area (Å²) in [6.07, 6.45) is 9.56. The topological polar surface area (TPSA) is 78.9 Å². The maximum atomic E-state index is 12.3. The number of carbonyl (C=O) groups is 2. The van der Waals surface area contributed by atoms with Crippen molar-refractivity contribution in [2.75, 3.05) is 26.2 Å². The maximum Gasteiger partial charge on any atom is 0.304 e. The molecule has 2 N–H and O–H groups in total. The Morgan fingerprint density at radius 3 is 2.77 bits per heavy atom. The molecule has 26 heavy (non-hydrogen) atoms. The van der Waals surface area contributed by atoms with Gasteiger partial charge in [0.15, 0.2) is 0 Å². The molecule has 3 heterocycles. The number of carboxylic acid groups (broad SMARTS) is 1. The molecule has 0 aromatic heterocycles. The lowest BCUT2D eigenvalue weighted by Gasteiger charge is -2.29. The maximum absolute atomic E-state index is 12.3. The van der Waals surface area contributed by atoms with Crippen LogP contribution in [0.15, 0.2) is 0 Å². The summed E-state index contributed by atoms with van der Waals surface area (Å²) >= 11 is 0. The molecule has 1 aliphatic carbocycles. The van der Waals surface area contributed by atoms with Crippen LogP contribution in [0.25, 0.3) is 0 Å². The molecule has 4 rings (SSSR count). The Labute approximate surface area is 155 Å². The number of carboxylic acids is 1. The van der Waals surface area contributed by atoms with Crippen molar-refractivity contribution in [1.82, 2.24) is 10.2 Å². The zero-order valence-electron chi connectivity index (χ0n) is 15.6. The van der Waals surface area contributed by atoms with Gasteiger partial charge in [-0.05, 0) is 25.2 Å². The van der Waals surface area contributed by atoms with Crippen molar-refractivity contribution in [1.29, 1.82) is 0 Å². The van der Waals surface area contributed by atoms with Gasteiger partial charge in [0, 0.05) is 44.4 Å². The monoisotopic (exact) mass is 364 g/mol. The molecule has 3 aliphatic heterocycles. The minimum atomic E-state index is -0.740. The summed E-state index contributed by atoms with van der Waals surface area (Å²) in [6.45, 7) is 3.08. The Morgan fingerprint density at radius 1 is 1.19 bits per heavy atom. The van der Waals surface area contributed by atoms with Gasteiger partial charge < -0.3 is 15.2 Å². The number of carbonyl (C=O) groups excluding carboxylic acids is 1. The second-order valence-electron chi connectivity index (χ2n) is 8.90. The molecular weight excluding hydrogens is 332 g/mol. The van der Waals surface area contributed by atoms with Gasteiger partial charge in [-0.3, -0.25) is 14.5 Å². The van der Waals surface area contributed by atoms with Gasteiger partial charge in [0.2, 0.25) is 5.91 Å². The van der Waals surface area contributed by atoms with E-state index in [0.717, 1.165) is 38.3 Å². The first kappa shape index (κ1) is 18.2. The molecular formula is C20H32N2O4.